The first-order chi connectivity index (χ1) is 12.8. The lowest BCUT2D eigenvalue weighted by atomic mass is 9.43. The third kappa shape index (κ3) is 3.76. The van der Waals surface area contributed by atoms with Gasteiger partial charge in [-0.2, -0.15) is 0 Å². The number of nitrogens with one attached hydrogen (secondary N) is 1. The van der Waals surface area contributed by atoms with Crippen LogP contribution in [0.2, 0.25) is 0 Å². The zero-order valence-corrected chi connectivity index (χ0v) is 18.9. The highest BCUT2D eigenvalue weighted by Crippen LogP contribution is 2.66. The van der Waals surface area contributed by atoms with Gasteiger partial charge in [-0.25, -0.2) is 0 Å². The predicted octanol–water partition coefficient (Wildman–Crippen LogP) is 6.09. The molecule has 0 aliphatic heterocycles. The lowest BCUT2D eigenvalue weighted by Gasteiger charge is -2.65. The molecule has 150 valence electrons. The van der Waals surface area contributed by atoms with E-state index in [1.165, 1.54) is 44.1 Å². The first-order valence-corrected chi connectivity index (χ1v) is 11.3. The molecule has 4 fully saturated rings. The van der Waals surface area contributed by atoms with Crippen LogP contribution >= 0.6 is 15.9 Å². The van der Waals surface area contributed by atoms with Crippen molar-refractivity contribution in [1.29, 1.82) is 0 Å². The molecule has 0 amide bonds. The summed E-state index contributed by atoms with van der Waals surface area (Å²) in [6, 6.07) is 4.19. The molecule has 1 N–H and O–H groups in total. The molecule has 3 nitrogen and oxygen atoms in total. The van der Waals surface area contributed by atoms with Gasteiger partial charge in [0.1, 0.15) is 0 Å². The Balaban J connectivity index is 1.57. The summed E-state index contributed by atoms with van der Waals surface area (Å²) in [5.74, 6) is 2.62. The van der Waals surface area contributed by atoms with E-state index in [9.17, 15) is 0 Å². The third-order valence-electron chi connectivity index (χ3n) is 7.05. The molecule has 0 radical (unpaired) electrons. The Bertz CT molecular complexity index is 701. The Morgan fingerprint density at radius 3 is 2.41 bits per heavy atom. The number of methoxy groups -OCH3 is 1. The quantitative estimate of drug-likeness (QED) is 0.562. The highest BCUT2D eigenvalue weighted by molar-refractivity contribution is 9.10. The van der Waals surface area contributed by atoms with Gasteiger partial charge < -0.3 is 14.8 Å². The molecule has 0 spiro atoms. The SMILES string of the molecule is CCCOc1c(CNC23CC4CC(C)(CC(C)(C4)C2)C3)cc(Br)cc1OC. The smallest absolute Gasteiger partial charge is 0.165 e. The average molecular weight is 436 g/mol. The lowest BCUT2D eigenvalue weighted by molar-refractivity contribution is -0.118. The fourth-order valence-electron chi connectivity index (χ4n) is 7.20. The second-order valence-corrected chi connectivity index (χ2v) is 11.1. The minimum absolute atomic E-state index is 0.292. The Kier molecular flexibility index (Phi) is 5.04. The van der Waals surface area contributed by atoms with Crippen molar-refractivity contribution in [2.75, 3.05) is 13.7 Å². The maximum atomic E-state index is 6.09. The van der Waals surface area contributed by atoms with Crippen molar-refractivity contribution >= 4 is 15.9 Å². The van der Waals surface area contributed by atoms with Crippen LogP contribution in [0.3, 0.4) is 0 Å². The normalized spacial score (nSPS) is 36.9. The summed E-state index contributed by atoms with van der Waals surface area (Å²) in [5.41, 5.74) is 2.54. The average Bonchev–Trinajstić information content (AvgIpc) is 2.55. The van der Waals surface area contributed by atoms with E-state index >= 15 is 0 Å². The van der Waals surface area contributed by atoms with E-state index in [4.69, 9.17) is 9.47 Å². The first kappa shape index (κ1) is 19.6. The predicted molar refractivity (Wildman–Crippen MR) is 113 cm³/mol. The topological polar surface area (TPSA) is 30.5 Å². The maximum absolute atomic E-state index is 6.09. The number of hydrogen-bond donors (Lipinski definition) is 1. The first-order valence-electron chi connectivity index (χ1n) is 10.5. The zero-order valence-electron chi connectivity index (χ0n) is 17.3. The fourth-order valence-corrected chi connectivity index (χ4v) is 7.69. The molecular weight excluding hydrogens is 402 g/mol. The van der Waals surface area contributed by atoms with Crippen LogP contribution in [0.15, 0.2) is 16.6 Å². The largest absolute Gasteiger partial charge is 0.493 e. The Morgan fingerprint density at radius 2 is 1.81 bits per heavy atom. The van der Waals surface area contributed by atoms with E-state index in [-0.39, 0.29) is 0 Å². The summed E-state index contributed by atoms with van der Waals surface area (Å²) in [6.07, 6.45) is 9.26. The van der Waals surface area contributed by atoms with Crippen molar-refractivity contribution in [3.63, 3.8) is 0 Å². The molecule has 4 aliphatic rings. The van der Waals surface area contributed by atoms with E-state index in [1.807, 2.05) is 6.07 Å². The van der Waals surface area contributed by atoms with Gasteiger partial charge in [0.2, 0.25) is 0 Å². The van der Waals surface area contributed by atoms with Crippen molar-refractivity contribution in [2.45, 2.75) is 77.8 Å². The second-order valence-electron chi connectivity index (χ2n) is 10.2. The van der Waals surface area contributed by atoms with Crippen LogP contribution in [0.5, 0.6) is 11.5 Å². The van der Waals surface area contributed by atoms with Crippen molar-refractivity contribution in [3.05, 3.63) is 22.2 Å². The lowest BCUT2D eigenvalue weighted by Crippen LogP contribution is -2.63. The van der Waals surface area contributed by atoms with E-state index < -0.39 is 0 Å². The van der Waals surface area contributed by atoms with E-state index in [1.54, 1.807) is 7.11 Å². The van der Waals surface area contributed by atoms with Gasteiger partial charge in [0.15, 0.2) is 11.5 Å². The van der Waals surface area contributed by atoms with Crippen LogP contribution in [0.25, 0.3) is 0 Å². The molecule has 1 aromatic carbocycles. The van der Waals surface area contributed by atoms with Gasteiger partial charge in [0, 0.05) is 22.1 Å². The van der Waals surface area contributed by atoms with Crippen LogP contribution in [0.1, 0.15) is 71.3 Å². The number of rotatable bonds is 7. The van der Waals surface area contributed by atoms with Gasteiger partial charge in [-0.1, -0.05) is 36.7 Å². The molecule has 27 heavy (non-hydrogen) atoms. The van der Waals surface area contributed by atoms with Crippen molar-refractivity contribution in [2.24, 2.45) is 16.7 Å². The van der Waals surface area contributed by atoms with Crippen LogP contribution < -0.4 is 14.8 Å². The number of hydrogen-bond acceptors (Lipinski definition) is 3. The third-order valence-corrected chi connectivity index (χ3v) is 7.50. The van der Waals surface area contributed by atoms with Crippen molar-refractivity contribution in [3.8, 4) is 11.5 Å². The second kappa shape index (κ2) is 6.95. The maximum Gasteiger partial charge on any atom is 0.165 e. The molecule has 0 aromatic heterocycles. The van der Waals surface area contributed by atoms with Crippen molar-refractivity contribution in [1.82, 2.24) is 5.32 Å². The number of benzene rings is 1. The Labute approximate surface area is 172 Å². The summed E-state index contributed by atoms with van der Waals surface area (Å²) in [4.78, 5) is 0. The summed E-state index contributed by atoms with van der Waals surface area (Å²) < 4.78 is 12.7. The van der Waals surface area contributed by atoms with Crippen LogP contribution in [-0.2, 0) is 6.54 Å². The standard InChI is InChI=1S/C23H34BrNO2/c1-5-6-27-20-17(7-18(24)8-19(20)26-4)12-25-23-11-16-9-21(2,14-23)13-22(3,10-16)15-23/h7-8,16,25H,5-6,9-15H2,1-4H3. The monoisotopic (exact) mass is 435 g/mol. The highest BCUT2D eigenvalue weighted by Gasteiger charge is 2.59. The van der Waals surface area contributed by atoms with E-state index in [0.29, 0.717) is 23.0 Å². The van der Waals surface area contributed by atoms with Crippen molar-refractivity contribution < 1.29 is 9.47 Å². The summed E-state index contributed by atoms with van der Waals surface area (Å²) in [5, 5.41) is 4.03. The summed E-state index contributed by atoms with van der Waals surface area (Å²) in [6.45, 7) is 8.76. The molecule has 4 heteroatoms. The van der Waals surface area contributed by atoms with Gasteiger partial charge in [-0.05, 0) is 73.8 Å². The van der Waals surface area contributed by atoms with Gasteiger partial charge in [0.05, 0.1) is 13.7 Å². The Morgan fingerprint density at radius 1 is 1.11 bits per heavy atom. The molecule has 1 aromatic rings. The van der Waals surface area contributed by atoms with Crippen LogP contribution in [0, 0.1) is 16.7 Å². The summed E-state index contributed by atoms with van der Waals surface area (Å²) in [7, 11) is 1.72. The molecule has 0 saturated heterocycles. The van der Waals surface area contributed by atoms with Gasteiger partial charge in [-0.15, -0.1) is 0 Å². The minimum atomic E-state index is 0.292. The molecule has 5 rings (SSSR count). The van der Waals surface area contributed by atoms with Crippen LogP contribution in [-0.4, -0.2) is 19.3 Å². The molecule has 2 unspecified atom stereocenters. The minimum Gasteiger partial charge on any atom is -0.493 e. The molecule has 4 aliphatic carbocycles. The zero-order chi connectivity index (χ0) is 19.3. The number of halogens is 1. The van der Waals surface area contributed by atoms with E-state index in [0.717, 1.165) is 34.9 Å². The fraction of sp³-hybridized carbons (Fsp3) is 0.739. The van der Waals surface area contributed by atoms with Gasteiger partial charge in [-0.3, -0.25) is 0 Å². The summed E-state index contributed by atoms with van der Waals surface area (Å²) >= 11 is 3.64. The molecular formula is C23H34BrNO2. The molecule has 0 heterocycles. The molecule has 4 saturated carbocycles. The van der Waals surface area contributed by atoms with Gasteiger partial charge >= 0.3 is 0 Å². The molecule has 2 atom stereocenters. The van der Waals surface area contributed by atoms with E-state index in [2.05, 4.69) is 48.1 Å². The number of ether oxygens (including phenoxy) is 2. The Hall–Kier alpha value is -0.740. The highest BCUT2D eigenvalue weighted by atomic mass is 79.9. The molecule has 4 bridgehead atoms. The van der Waals surface area contributed by atoms with Gasteiger partial charge in [0.25, 0.3) is 0 Å². The van der Waals surface area contributed by atoms with Crippen LogP contribution in [0.4, 0.5) is 0 Å².